The number of allylic oxidation sites excluding steroid dienone is 30. The number of rotatable bonds is 88. The molecule has 0 aliphatic carbocycles. The third-order valence-electron chi connectivity index (χ3n) is 19.6. The molecule has 0 radical (unpaired) electrons. The van der Waals surface area contributed by atoms with Crippen molar-refractivity contribution < 1.29 is 75.8 Å². The second-order valence-corrected chi connectivity index (χ2v) is 33.9. The van der Waals surface area contributed by atoms with Crippen LogP contribution in [0.3, 0.4) is 0 Å². The predicted octanol–water partition coefficient (Wildman–Crippen LogP) is 29.2. The first-order valence-corrected chi connectivity index (χ1v) is 50.1. The molecule has 680 valence electrons. The molecule has 119 heavy (non-hydrogen) atoms. The largest absolute Gasteiger partial charge is 0.472 e. The van der Waals surface area contributed by atoms with Crippen LogP contribution in [0.25, 0.3) is 0 Å². The van der Waals surface area contributed by atoms with Crippen LogP contribution in [0.4, 0.5) is 0 Å². The van der Waals surface area contributed by atoms with Gasteiger partial charge in [-0.05, 0) is 154 Å². The number of esters is 3. The van der Waals surface area contributed by atoms with Gasteiger partial charge in [0.15, 0.2) is 6.10 Å². The topological polar surface area (TPSA) is 231 Å². The summed E-state index contributed by atoms with van der Waals surface area (Å²) in [6, 6.07) is 0. The molecule has 5 unspecified atom stereocenters. The lowest BCUT2D eigenvalue weighted by Gasteiger charge is -2.21. The second kappa shape index (κ2) is 91.8. The first kappa shape index (κ1) is 114. The minimum atomic E-state index is -4.95. The van der Waals surface area contributed by atoms with Gasteiger partial charge in [-0.15, -0.1) is 0 Å². The van der Waals surface area contributed by atoms with Crippen molar-refractivity contribution in [2.45, 2.75) is 399 Å². The fraction of sp³-hybridized carbons (Fsp3) is 0.673. The lowest BCUT2D eigenvalue weighted by molar-refractivity contribution is -0.161. The highest BCUT2D eigenvalue weighted by atomic mass is 31.2. The first-order valence-electron chi connectivity index (χ1n) is 47.1. The van der Waals surface area contributed by atoms with Crippen molar-refractivity contribution in [3.05, 3.63) is 182 Å². The Bertz CT molecular complexity index is 2890. The maximum absolute atomic E-state index is 13.1. The van der Waals surface area contributed by atoms with Crippen LogP contribution in [0.1, 0.15) is 380 Å². The zero-order chi connectivity index (χ0) is 86.5. The van der Waals surface area contributed by atoms with Crippen LogP contribution >= 0.6 is 15.6 Å². The zero-order valence-corrected chi connectivity index (χ0v) is 76.8. The van der Waals surface area contributed by atoms with E-state index in [1.54, 1.807) is 0 Å². The lowest BCUT2D eigenvalue weighted by Crippen LogP contribution is -2.30. The third kappa shape index (κ3) is 93.2. The van der Waals surface area contributed by atoms with Crippen LogP contribution in [0.2, 0.25) is 0 Å². The van der Waals surface area contributed by atoms with E-state index in [0.717, 1.165) is 186 Å². The average Bonchev–Trinajstić information content (AvgIpc) is 0.924. The Labute approximate surface area is 725 Å². The fourth-order valence-corrected chi connectivity index (χ4v) is 14.2. The second-order valence-electron chi connectivity index (χ2n) is 31.0. The normalized spacial score (nSPS) is 14.6. The summed E-state index contributed by atoms with van der Waals surface area (Å²) in [6.45, 7) is 2.36. The summed E-state index contributed by atoms with van der Waals surface area (Å²) < 4.78 is 61.5. The Kier molecular flexibility index (Phi) is 87.7. The number of phosphoric acid groups is 2. The van der Waals surface area contributed by atoms with Gasteiger partial charge in [0.05, 0.1) is 26.4 Å². The molecule has 0 saturated carbocycles. The molecule has 0 bridgehead atoms. The Balaban J connectivity index is 4.52. The molecular weight excluding hydrogens is 1530 g/mol. The number of ether oxygens (including phenoxy) is 3. The monoisotopic (exact) mass is 1700 g/mol. The Hall–Kier alpha value is -5.35. The van der Waals surface area contributed by atoms with E-state index in [4.69, 9.17) is 32.3 Å². The molecule has 4 N–H and O–H groups in total. The smallest absolute Gasteiger partial charge is 0.463 e. The van der Waals surface area contributed by atoms with Gasteiger partial charge in [-0.3, -0.25) is 32.5 Å². The molecule has 0 fully saturated rings. The van der Waals surface area contributed by atoms with Crippen molar-refractivity contribution in [3.63, 3.8) is 0 Å². The molecule has 16 nitrogen and oxygen atoms in total. The van der Waals surface area contributed by atoms with Crippen LogP contribution in [0.15, 0.2) is 182 Å². The van der Waals surface area contributed by atoms with E-state index in [0.29, 0.717) is 19.3 Å². The maximum atomic E-state index is 13.1. The van der Waals surface area contributed by atoms with E-state index >= 15 is 0 Å². The third-order valence-corrected chi connectivity index (χ3v) is 21.5. The van der Waals surface area contributed by atoms with E-state index < -0.39 is 91.5 Å². The Morgan fingerprint density at radius 1 is 0.235 bits per heavy atom. The summed E-state index contributed by atoms with van der Waals surface area (Å²) in [4.78, 5) is 59.0. The van der Waals surface area contributed by atoms with Crippen LogP contribution in [0.5, 0.6) is 0 Å². The minimum absolute atomic E-state index is 0.0844. The number of aliphatic hydroxyl groups is 2. The van der Waals surface area contributed by atoms with Crippen LogP contribution < -0.4 is 0 Å². The Morgan fingerprint density at radius 3 is 0.664 bits per heavy atom. The van der Waals surface area contributed by atoms with E-state index in [1.807, 2.05) is 0 Å². The molecule has 0 aromatic rings. The van der Waals surface area contributed by atoms with Gasteiger partial charge in [0.1, 0.15) is 25.4 Å². The van der Waals surface area contributed by atoms with Gasteiger partial charge in [0, 0.05) is 19.3 Å². The molecular formula is C101H170O16P2. The van der Waals surface area contributed by atoms with Gasteiger partial charge in [0.2, 0.25) is 0 Å². The molecule has 0 aromatic carbocycles. The molecule has 5 atom stereocenters. The first-order chi connectivity index (χ1) is 58.2. The summed E-state index contributed by atoms with van der Waals surface area (Å²) in [5.74, 6) is -1.59. The van der Waals surface area contributed by atoms with E-state index in [9.17, 15) is 43.5 Å². The van der Waals surface area contributed by atoms with Crippen molar-refractivity contribution in [1.82, 2.24) is 0 Å². The number of carbonyl (C=O) groups excluding carboxylic acids is 3. The number of hydrogen-bond acceptors (Lipinski definition) is 14. The summed E-state index contributed by atoms with van der Waals surface area (Å²) >= 11 is 0. The maximum Gasteiger partial charge on any atom is 0.472 e. The lowest BCUT2D eigenvalue weighted by atomic mass is 10.0. The molecule has 0 aliphatic rings. The molecule has 18 heteroatoms. The number of unbranched alkanes of at least 4 members (excludes halogenated alkanes) is 35. The highest BCUT2D eigenvalue weighted by Crippen LogP contribution is 2.45. The van der Waals surface area contributed by atoms with Gasteiger partial charge >= 0.3 is 33.6 Å². The molecule has 0 rings (SSSR count). The molecule has 0 aromatic heterocycles. The highest BCUT2D eigenvalue weighted by molar-refractivity contribution is 7.47. The van der Waals surface area contributed by atoms with Gasteiger partial charge in [-0.2, -0.15) is 0 Å². The summed E-state index contributed by atoms with van der Waals surface area (Å²) in [7, 11) is -9.82. The van der Waals surface area contributed by atoms with Gasteiger partial charge < -0.3 is 34.2 Å². The van der Waals surface area contributed by atoms with Gasteiger partial charge in [-0.25, -0.2) is 9.13 Å². The van der Waals surface area contributed by atoms with Crippen molar-refractivity contribution in [2.75, 3.05) is 39.6 Å². The Morgan fingerprint density at radius 2 is 0.420 bits per heavy atom. The number of phosphoric ester groups is 2. The highest BCUT2D eigenvalue weighted by Gasteiger charge is 2.29. The predicted molar refractivity (Wildman–Crippen MR) is 500 cm³/mol. The summed E-state index contributed by atoms with van der Waals surface area (Å²) in [6.07, 6.45) is 121. The summed E-state index contributed by atoms with van der Waals surface area (Å²) in [5, 5.41) is 20.7. The summed E-state index contributed by atoms with van der Waals surface area (Å²) in [5.41, 5.74) is 0. The van der Waals surface area contributed by atoms with Crippen LogP contribution in [-0.2, 0) is 55.8 Å². The van der Waals surface area contributed by atoms with Crippen LogP contribution in [0, 0.1) is 0 Å². The quantitative estimate of drug-likeness (QED) is 0.0146. The van der Waals surface area contributed by atoms with E-state index in [1.165, 1.54) is 135 Å². The number of aliphatic hydroxyl groups excluding tert-OH is 2. The number of hydrogen-bond donors (Lipinski definition) is 4. The van der Waals surface area contributed by atoms with Crippen molar-refractivity contribution >= 4 is 33.6 Å². The zero-order valence-electron chi connectivity index (χ0n) is 75.0. The molecule has 0 saturated heterocycles. The molecule has 0 aliphatic heterocycles. The molecule has 0 heterocycles. The molecule has 0 spiro atoms. The van der Waals surface area contributed by atoms with Gasteiger partial charge in [-0.1, -0.05) is 389 Å². The van der Waals surface area contributed by atoms with Crippen LogP contribution in [-0.4, -0.2) is 95.9 Å². The minimum Gasteiger partial charge on any atom is -0.463 e. The van der Waals surface area contributed by atoms with E-state index in [-0.39, 0.29) is 19.3 Å². The standard InChI is InChI=1S/C101H170O16P2/c1-4-7-10-13-16-19-22-25-28-31-34-36-38-40-42-44-45-46-47-48-49-51-53-54-56-58-61-63-66-69-72-75-78-81-84-87-99(104)111-90-96(102)91-113-118(107,108)114-92-97(103)93-115-119(109,110)116-95-98(117-101(106)89-86-83-80-77-74-71-68-65-60-33-30-27-24-21-18-15-12-9-6-3)94-112-100(105)88-85-82-79-76-73-70-67-64-62-59-57-55-52-50-43-41-39-37-35-32-29-26-23-20-17-14-11-8-5-2/h7-12,16-21,25-30,34-37,40-43,45-46,60,65,96-98,102-103H,4-6,13-15,22-24,31-33,38-39,44,47-59,61-64,66-95H2,1-3H3,(H,107,108)(H,109,110)/b10-7-,11-8-,12-9-,19-16-,20-17-,21-18-,28-25-,29-26-,30-27-,36-34-,37-35-,42-40-,43-41-,46-45-,65-60-. The fourth-order valence-electron chi connectivity index (χ4n) is 12.6. The molecule has 0 amide bonds. The SMILES string of the molecule is CC/C=C\C/C=C\C/C=C\C/C=C\C/C=C\C/C=C\CCCCCCCCCCCCCCCCCCC(=O)OCC(O)COP(=O)(O)OCC(O)COP(=O)(O)OCC(COC(=O)CCCCCCCCCCCCCCC/C=C\C/C=C\C/C=C\C/C=C\C/C=C\CC)OC(=O)CCCCCCCC/C=C\C/C=C\C/C=C\C/C=C\CC. The average molecular weight is 1700 g/mol. The van der Waals surface area contributed by atoms with E-state index in [2.05, 4.69) is 203 Å². The van der Waals surface area contributed by atoms with Gasteiger partial charge in [0.25, 0.3) is 0 Å². The van der Waals surface area contributed by atoms with Crippen molar-refractivity contribution in [1.29, 1.82) is 0 Å². The van der Waals surface area contributed by atoms with Crippen molar-refractivity contribution in [3.8, 4) is 0 Å². The number of carbonyl (C=O) groups is 3. The van der Waals surface area contributed by atoms with Crippen molar-refractivity contribution in [2.24, 2.45) is 0 Å².